The molecular weight excluding hydrogens is 164 g/mol. The summed E-state index contributed by atoms with van der Waals surface area (Å²) in [7, 11) is 0. The summed E-state index contributed by atoms with van der Waals surface area (Å²) in [5.74, 6) is 0. The van der Waals surface area contributed by atoms with Crippen LogP contribution in [-0.4, -0.2) is 15.2 Å². The van der Waals surface area contributed by atoms with Gasteiger partial charge in [0, 0.05) is 5.69 Å². The largest absolute Gasteiger partial charge is 0.396 e. The van der Waals surface area contributed by atoms with Crippen molar-refractivity contribution in [3.8, 4) is 11.4 Å². The van der Waals surface area contributed by atoms with Gasteiger partial charge in [0.25, 0.3) is 0 Å². The molecule has 0 spiro atoms. The third-order valence-corrected chi connectivity index (χ3v) is 1.81. The summed E-state index contributed by atoms with van der Waals surface area (Å²) in [6, 6.07) is 5.78. The number of nitrogens with two attached hydrogens (primary N) is 1. The first kappa shape index (κ1) is 7.79. The fourth-order valence-electron chi connectivity index (χ4n) is 1.18. The van der Waals surface area contributed by atoms with E-state index in [1.165, 1.54) is 0 Å². The Bertz CT molecular complexity index is 419. The van der Waals surface area contributed by atoms with Crippen LogP contribution >= 0.6 is 0 Å². The van der Waals surface area contributed by atoms with Gasteiger partial charge in [-0.2, -0.15) is 5.10 Å². The first-order valence-electron chi connectivity index (χ1n) is 4.00. The Kier molecular flexibility index (Phi) is 1.73. The Hall–Kier alpha value is -1.84. The molecule has 0 amide bonds. The van der Waals surface area contributed by atoms with Gasteiger partial charge in [-0.05, 0) is 19.1 Å². The van der Waals surface area contributed by atoms with Gasteiger partial charge >= 0.3 is 0 Å². The molecule has 0 saturated heterocycles. The van der Waals surface area contributed by atoms with E-state index in [-0.39, 0.29) is 0 Å². The van der Waals surface area contributed by atoms with Crippen LogP contribution in [0.15, 0.2) is 24.4 Å². The maximum atomic E-state index is 5.69. The maximum absolute atomic E-state index is 5.69. The number of H-pyrrole nitrogens is 1. The number of nitrogens with one attached hydrogen (secondary N) is 1. The summed E-state index contributed by atoms with van der Waals surface area (Å²) >= 11 is 0. The highest BCUT2D eigenvalue weighted by molar-refractivity contribution is 5.68. The van der Waals surface area contributed by atoms with Crippen LogP contribution in [0.1, 0.15) is 5.69 Å². The Morgan fingerprint density at radius 2 is 2.23 bits per heavy atom. The molecule has 2 heterocycles. The molecule has 0 radical (unpaired) electrons. The molecule has 0 unspecified atom stereocenters. The van der Waals surface area contributed by atoms with Crippen molar-refractivity contribution >= 4 is 5.69 Å². The van der Waals surface area contributed by atoms with E-state index in [0.29, 0.717) is 5.69 Å². The molecule has 0 saturated carbocycles. The predicted octanol–water partition coefficient (Wildman–Crippen LogP) is 1.36. The topological polar surface area (TPSA) is 67.6 Å². The van der Waals surface area contributed by atoms with Crippen molar-refractivity contribution in [2.24, 2.45) is 0 Å². The molecule has 0 aliphatic heterocycles. The summed E-state index contributed by atoms with van der Waals surface area (Å²) in [6.45, 7) is 1.94. The van der Waals surface area contributed by atoms with Crippen LogP contribution in [0.25, 0.3) is 11.4 Å². The highest BCUT2D eigenvalue weighted by Gasteiger charge is 2.04. The summed E-state index contributed by atoms with van der Waals surface area (Å²) in [5, 5.41) is 6.65. The standard InChI is InChI=1S/C9H10N4/c1-6-3-2-4-8(12-6)9-7(10)5-11-13-9/h2-5H,10H2,1H3,(H,11,13). The summed E-state index contributed by atoms with van der Waals surface area (Å²) in [4.78, 5) is 4.33. The number of pyridine rings is 1. The molecule has 4 nitrogen and oxygen atoms in total. The fraction of sp³-hybridized carbons (Fsp3) is 0.111. The van der Waals surface area contributed by atoms with Crippen molar-refractivity contribution < 1.29 is 0 Å². The number of aryl methyl sites for hydroxylation is 1. The molecule has 3 N–H and O–H groups in total. The van der Waals surface area contributed by atoms with Crippen molar-refractivity contribution in [3.63, 3.8) is 0 Å². The Morgan fingerprint density at radius 1 is 1.38 bits per heavy atom. The van der Waals surface area contributed by atoms with Gasteiger partial charge in [-0.1, -0.05) is 6.07 Å². The molecule has 4 heteroatoms. The number of nitrogens with zero attached hydrogens (tertiary/aromatic N) is 2. The van der Waals surface area contributed by atoms with Crippen LogP contribution in [0.3, 0.4) is 0 Å². The van der Waals surface area contributed by atoms with Crippen LogP contribution in [-0.2, 0) is 0 Å². The zero-order valence-corrected chi connectivity index (χ0v) is 7.28. The lowest BCUT2D eigenvalue weighted by Crippen LogP contribution is -1.90. The highest BCUT2D eigenvalue weighted by atomic mass is 15.1. The van der Waals surface area contributed by atoms with E-state index in [9.17, 15) is 0 Å². The van der Waals surface area contributed by atoms with Crippen LogP contribution < -0.4 is 5.73 Å². The quantitative estimate of drug-likeness (QED) is 0.686. The molecule has 0 aliphatic carbocycles. The van der Waals surface area contributed by atoms with E-state index in [0.717, 1.165) is 17.1 Å². The molecule has 0 aliphatic rings. The van der Waals surface area contributed by atoms with E-state index in [2.05, 4.69) is 15.2 Å². The van der Waals surface area contributed by atoms with E-state index in [1.807, 2.05) is 25.1 Å². The number of nitrogen functional groups attached to an aromatic ring is 1. The average molecular weight is 174 g/mol. The van der Waals surface area contributed by atoms with Gasteiger partial charge < -0.3 is 5.73 Å². The summed E-state index contributed by atoms with van der Waals surface area (Å²) in [5.41, 5.74) is 8.89. The van der Waals surface area contributed by atoms with Gasteiger partial charge in [-0.25, -0.2) is 0 Å². The Labute approximate surface area is 75.8 Å². The Balaban J connectivity index is 2.53. The van der Waals surface area contributed by atoms with E-state index in [4.69, 9.17) is 5.73 Å². The molecule has 0 aromatic carbocycles. The Morgan fingerprint density at radius 3 is 2.85 bits per heavy atom. The minimum absolute atomic E-state index is 0.623. The fourth-order valence-corrected chi connectivity index (χ4v) is 1.18. The van der Waals surface area contributed by atoms with Crippen molar-refractivity contribution in [2.45, 2.75) is 6.92 Å². The molecule has 2 rings (SSSR count). The smallest absolute Gasteiger partial charge is 0.106 e. The van der Waals surface area contributed by atoms with Gasteiger partial charge in [0.2, 0.25) is 0 Å². The molecule has 0 bridgehead atoms. The first-order valence-corrected chi connectivity index (χ1v) is 4.00. The SMILES string of the molecule is Cc1cccc(-c2[nH]ncc2N)n1. The minimum Gasteiger partial charge on any atom is -0.396 e. The maximum Gasteiger partial charge on any atom is 0.106 e. The van der Waals surface area contributed by atoms with E-state index in [1.54, 1.807) is 6.20 Å². The third kappa shape index (κ3) is 1.38. The second-order valence-electron chi connectivity index (χ2n) is 2.86. The lowest BCUT2D eigenvalue weighted by molar-refractivity contribution is 1.08. The van der Waals surface area contributed by atoms with Gasteiger partial charge in [0.05, 0.1) is 17.6 Å². The monoisotopic (exact) mass is 174 g/mol. The van der Waals surface area contributed by atoms with Gasteiger partial charge in [0.1, 0.15) is 5.69 Å². The number of aromatic amines is 1. The molecule has 13 heavy (non-hydrogen) atoms. The number of hydrogen-bond donors (Lipinski definition) is 2. The van der Waals surface area contributed by atoms with Crippen molar-refractivity contribution in [1.82, 2.24) is 15.2 Å². The van der Waals surface area contributed by atoms with Crippen LogP contribution in [0.4, 0.5) is 5.69 Å². The van der Waals surface area contributed by atoms with Gasteiger partial charge in [-0.3, -0.25) is 10.1 Å². The molecule has 2 aromatic heterocycles. The zero-order valence-electron chi connectivity index (χ0n) is 7.28. The third-order valence-electron chi connectivity index (χ3n) is 1.81. The second-order valence-corrected chi connectivity index (χ2v) is 2.86. The van der Waals surface area contributed by atoms with Gasteiger partial charge in [0.15, 0.2) is 0 Å². The zero-order chi connectivity index (χ0) is 9.26. The van der Waals surface area contributed by atoms with Crippen LogP contribution in [0.5, 0.6) is 0 Å². The highest BCUT2D eigenvalue weighted by Crippen LogP contribution is 2.20. The lowest BCUT2D eigenvalue weighted by atomic mass is 10.2. The first-order chi connectivity index (χ1) is 6.27. The van der Waals surface area contributed by atoms with Gasteiger partial charge in [-0.15, -0.1) is 0 Å². The van der Waals surface area contributed by atoms with Crippen LogP contribution in [0.2, 0.25) is 0 Å². The van der Waals surface area contributed by atoms with E-state index >= 15 is 0 Å². The average Bonchev–Trinajstić information content (AvgIpc) is 2.51. The lowest BCUT2D eigenvalue weighted by Gasteiger charge is -1.98. The molecule has 0 atom stereocenters. The van der Waals surface area contributed by atoms with E-state index < -0.39 is 0 Å². The molecule has 2 aromatic rings. The molecule has 66 valence electrons. The summed E-state index contributed by atoms with van der Waals surface area (Å²) < 4.78 is 0. The summed E-state index contributed by atoms with van der Waals surface area (Å²) in [6.07, 6.45) is 1.58. The van der Waals surface area contributed by atoms with Crippen molar-refractivity contribution in [3.05, 3.63) is 30.1 Å². The van der Waals surface area contributed by atoms with Crippen molar-refractivity contribution in [1.29, 1.82) is 0 Å². The minimum atomic E-state index is 0.623. The predicted molar refractivity (Wildman–Crippen MR) is 51.0 cm³/mol. The number of anilines is 1. The normalized spacial score (nSPS) is 10.2. The number of aromatic nitrogens is 3. The van der Waals surface area contributed by atoms with Crippen LogP contribution in [0, 0.1) is 6.92 Å². The number of rotatable bonds is 1. The number of hydrogen-bond acceptors (Lipinski definition) is 3. The van der Waals surface area contributed by atoms with Crippen molar-refractivity contribution in [2.75, 3.05) is 5.73 Å². The molecular formula is C9H10N4. The molecule has 0 fully saturated rings. The second kappa shape index (κ2) is 2.90.